The van der Waals surface area contributed by atoms with Crippen LogP contribution in [0.15, 0.2) is 23.9 Å². The van der Waals surface area contributed by atoms with Crippen molar-refractivity contribution in [2.75, 3.05) is 7.05 Å². The zero-order valence-corrected chi connectivity index (χ0v) is 5.68. The van der Waals surface area contributed by atoms with Gasteiger partial charge in [-0.2, -0.15) is 5.26 Å². The van der Waals surface area contributed by atoms with E-state index >= 15 is 0 Å². The van der Waals surface area contributed by atoms with Crippen LogP contribution in [-0.2, 0) is 0 Å². The van der Waals surface area contributed by atoms with Crippen molar-refractivity contribution in [3.8, 4) is 6.07 Å². The molecule has 0 aromatic carbocycles. The molecule has 48 valence electrons. The Morgan fingerprint density at radius 1 is 1.67 bits per heavy atom. The fourth-order valence-electron chi connectivity index (χ4n) is 0.365. The lowest BCUT2D eigenvalue weighted by Gasteiger charge is -1.85. The summed E-state index contributed by atoms with van der Waals surface area (Å²) in [6.45, 7) is 1.87. The normalized spacial score (nSPS) is 11.4. The largest absolute Gasteiger partial charge is 0.394 e. The maximum atomic E-state index is 8.16. The second-order valence-electron chi connectivity index (χ2n) is 1.64. The first-order valence-corrected chi connectivity index (χ1v) is 2.71. The van der Waals surface area contributed by atoms with Gasteiger partial charge in [-0.05, 0) is 24.8 Å². The predicted molar refractivity (Wildman–Crippen MR) is 37.6 cm³/mol. The van der Waals surface area contributed by atoms with E-state index in [1.54, 1.807) is 6.20 Å². The average Bonchev–Trinajstić information content (AvgIpc) is 1.85. The van der Waals surface area contributed by atoms with Gasteiger partial charge >= 0.3 is 0 Å². The van der Waals surface area contributed by atoms with Crippen molar-refractivity contribution in [3.63, 3.8) is 0 Å². The highest BCUT2D eigenvalue weighted by atomic mass is 14.8. The Morgan fingerprint density at radius 3 is 2.78 bits per heavy atom. The molecule has 0 saturated carbocycles. The summed E-state index contributed by atoms with van der Waals surface area (Å²) in [4.78, 5) is 0. The molecule has 2 heteroatoms. The van der Waals surface area contributed by atoms with Crippen LogP contribution in [0.4, 0.5) is 0 Å². The van der Waals surface area contributed by atoms with Crippen molar-refractivity contribution < 1.29 is 0 Å². The summed E-state index contributed by atoms with van der Waals surface area (Å²) in [5.74, 6) is 0. The number of hydrogen-bond donors (Lipinski definition) is 1. The summed E-state index contributed by atoms with van der Waals surface area (Å²) in [6, 6.07) is 1.94. The van der Waals surface area contributed by atoms with E-state index in [1.807, 2.05) is 26.1 Å². The van der Waals surface area contributed by atoms with Crippen molar-refractivity contribution in [1.29, 1.82) is 5.26 Å². The van der Waals surface area contributed by atoms with E-state index in [0.717, 1.165) is 5.57 Å². The Bertz CT molecular complexity index is 160. The molecule has 0 heterocycles. The fourth-order valence-corrected chi connectivity index (χ4v) is 0.365. The number of nitriles is 1. The van der Waals surface area contributed by atoms with Gasteiger partial charge in [-0.25, -0.2) is 0 Å². The van der Waals surface area contributed by atoms with Crippen molar-refractivity contribution in [2.24, 2.45) is 0 Å². The fraction of sp³-hybridized carbons (Fsp3) is 0.286. The van der Waals surface area contributed by atoms with Crippen LogP contribution in [-0.4, -0.2) is 7.05 Å². The van der Waals surface area contributed by atoms with E-state index in [0.29, 0.717) is 0 Å². The summed E-state index contributed by atoms with van der Waals surface area (Å²) in [6.07, 6.45) is 5.11. The summed E-state index contributed by atoms with van der Waals surface area (Å²) in [5, 5.41) is 11.0. The minimum atomic E-state index is 0.951. The molecule has 0 fully saturated rings. The highest BCUT2D eigenvalue weighted by Crippen LogP contribution is 1.90. The van der Waals surface area contributed by atoms with Gasteiger partial charge in [0.1, 0.15) is 0 Å². The first-order valence-electron chi connectivity index (χ1n) is 2.71. The van der Waals surface area contributed by atoms with E-state index in [4.69, 9.17) is 5.26 Å². The van der Waals surface area contributed by atoms with E-state index in [2.05, 4.69) is 5.32 Å². The lowest BCUT2D eigenvalue weighted by molar-refractivity contribution is 1.10. The molecule has 0 aliphatic carbocycles. The van der Waals surface area contributed by atoms with Gasteiger partial charge in [-0.3, -0.25) is 0 Å². The number of nitrogens with zero attached hydrogens (tertiary/aromatic N) is 1. The molecule has 0 atom stereocenters. The van der Waals surface area contributed by atoms with Gasteiger partial charge in [0, 0.05) is 13.1 Å². The molecule has 0 spiro atoms. The maximum Gasteiger partial charge on any atom is 0.0914 e. The molecule has 0 aromatic rings. The van der Waals surface area contributed by atoms with Crippen LogP contribution in [0, 0.1) is 11.3 Å². The van der Waals surface area contributed by atoms with Crippen LogP contribution in [0.1, 0.15) is 6.92 Å². The monoisotopic (exact) mass is 122 g/mol. The lowest BCUT2D eigenvalue weighted by atomic mass is 10.3. The Balaban J connectivity index is 3.79. The zero-order chi connectivity index (χ0) is 7.11. The Kier molecular flexibility index (Phi) is 4.25. The minimum Gasteiger partial charge on any atom is -0.394 e. The first-order chi connectivity index (χ1) is 4.31. The third-order valence-electron chi connectivity index (χ3n) is 0.805. The second-order valence-corrected chi connectivity index (χ2v) is 1.64. The quantitative estimate of drug-likeness (QED) is 0.441. The molecular weight excluding hydrogens is 112 g/mol. The molecule has 0 rings (SSSR count). The Hall–Kier alpha value is -1.23. The molecule has 0 bridgehead atoms. The molecule has 9 heavy (non-hydrogen) atoms. The van der Waals surface area contributed by atoms with Crippen LogP contribution in [0.3, 0.4) is 0 Å². The van der Waals surface area contributed by atoms with Crippen LogP contribution >= 0.6 is 0 Å². The summed E-state index contributed by atoms with van der Waals surface area (Å²) >= 11 is 0. The van der Waals surface area contributed by atoms with Gasteiger partial charge < -0.3 is 5.32 Å². The molecule has 0 amide bonds. The second kappa shape index (κ2) is 4.92. The summed E-state index contributed by atoms with van der Waals surface area (Å²) in [7, 11) is 1.82. The van der Waals surface area contributed by atoms with E-state index in [9.17, 15) is 0 Å². The Labute approximate surface area is 55.5 Å². The average molecular weight is 122 g/mol. The molecule has 0 aliphatic heterocycles. The SMILES string of the molecule is CN/C=C/C(C)=C\C#N. The highest BCUT2D eigenvalue weighted by molar-refractivity contribution is 5.21. The molecular formula is C7H10N2. The summed E-state index contributed by atoms with van der Waals surface area (Å²) in [5.41, 5.74) is 0.951. The third kappa shape index (κ3) is 4.63. The maximum absolute atomic E-state index is 8.16. The zero-order valence-electron chi connectivity index (χ0n) is 5.68. The first kappa shape index (κ1) is 7.77. The smallest absolute Gasteiger partial charge is 0.0914 e. The van der Waals surface area contributed by atoms with Gasteiger partial charge in [0.05, 0.1) is 6.07 Å². The van der Waals surface area contributed by atoms with Gasteiger partial charge in [0.15, 0.2) is 0 Å². The van der Waals surface area contributed by atoms with Crippen LogP contribution < -0.4 is 5.32 Å². The molecule has 1 N–H and O–H groups in total. The topological polar surface area (TPSA) is 35.8 Å². The van der Waals surface area contributed by atoms with Crippen molar-refractivity contribution in [2.45, 2.75) is 6.92 Å². The summed E-state index contributed by atoms with van der Waals surface area (Å²) < 4.78 is 0. The van der Waals surface area contributed by atoms with E-state index < -0.39 is 0 Å². The number of rotatable bonds is 2. The number of hydrogen-bond acceptors (Lipinski definition) is 2. The van der Waals surface area contributed by atoms with Crippen molar-refractivity contribution >= 4 is 0 Å². The van der Waals surface area contributed by atoms with E-state index in [-0.39, 0.29) is 0 Å². The molecule has 0 aromatic heterocycles. The minimum absolute atomic E-state index is 0.951. The van der Waals surface area contributed by atoms with Gasteiger partial charge in [-0.15, -0.1) is 0 Å². The number of nitrogens with one attached hydrogen (secondary N) is 1. The highest BCUT2D eigenvalue weighted by Gasteiger charge is 1.75. The number of allylic oxidation sites excluding steroid dienone is 3. The van der Waals surface area contributed by atoms with Gasteiger partial charge in [0.25, 0.3) is 0 Å². The van der Waals surface area contributed by atoms with Gasteiger partial charge in [0.2, 0.25) is 0 Å². The van der Waals surface area contributed by atoms with Gasteiger partial charge in [-0.1, -0.05) is 0 Å². The molecule has 0 saturated heterocycles. The van der Waals surface area contributed by atoms with Crippen LogP contribution in [0.5, 0.6) is 0 Å². The van der Waals surface area contributed by atoms with Crippen molar-refractivity contribution in [1.82, 2.24) is 5.32 Å². The molecule has 0 unspecified atom stereocenters. The van der Waals surface area contributed by atoms with Crippen molar-refractivity contribution in [3.05, 3.63) is 23.9 Å². The van der Waals surface area contributed by atoms with Crippen LogP contribution in [0.25, 0.3) is 0 Å². The molecule has 0 radical (unpaired) electrons. The van der Waals surface area contributed by atoms with Crippen LogP contribution in [0.2, 0.25) is 0 Å². The third-order valence-corrected chi connectivity index (χ3v) is 0.805. The Morgan fingerprint density at radius 2 is 2.33 bits per heavy atom. The van der Waals surface area contributed by atoms with E-state index in [1.165, 1.54) is 6.08 Å². The molecule has 2 nitrogen and oxygen atoms in total. The predicted octanol–water partition coefficient (Wildman–Crippen LogP) is 1.19. The lowest BCUT2D eigenvalue weighted by Crippen LogP contribution is -1.90. The standard InChI is InChI=1S/C7H10N2/c1-7(3-5-8)4-6-9-2/h3-4,6,9H,1-2H3/b6-4+,7-3-. The molecule has 0 aliphatic rings.